The topological polar surface area (TPSA) is 83.8 Å². The fraction of sp³-hybridized carbons (Fsp3) is 0.939. The third kappa shape index (κ3) is 8.32. The average Bonchev–Trinajstić information content (AvgIpc) is 2.68. The van der Waals surface area contributed by atoms with Crippen LogP contribution < -0.4 is 0 Å². The number of hydrogen-bond donors (Lipinski definition) is 2. The lowest BCUT2D eigenvalue weighted by Gasteiger charge is -2.60. The Balaban J connectivity index is 6.84. The molecule has 0 saturated heterocycles. The smallest absolute Gasteiger partial charge is 0.307 e. The van der Waals surface area contributed by atoms with Gasteiger partial charge in [0.05, 0.1) is 23.5 Å². The normalized spacial score (nSPS) is 17.9. The molecular formula is C33H66B2O5. The van der Waals surface area contributed by atoms with Crippen molar-refractivity contribution in [3.63, 3.8) is 0 Å². The molecule has 0 fully saturated rings. The lowest BCUT2D eigenvalue weighted by atomic mass is 9.41. The summed E-state index contributed by atoms with van der Waals surface area (Å²) in [5.74, 6) is -2.93. The predicted octanol–water partition coefficient (Wildman–Crippen LogP) is 7.39. The Morgan fingerprint density at radius 2 is 1.15 bits per heavy atom. The summed E-state index contributed by atoms with van der Waals surface area (Å²) >= 11 is 0. The van der Waals surface area contributed by atoms with Gasteiger partial charge in [-0.1, -0.05) is 102 Å². The summed E-state index contributed by atoms with van der Waals surface area (Å²) in [5, 5.41) is 20.1. The van der Waals surface area contributed by atoms with Crippen molar-refractivity contribution < 1.29 is 24.5 Å². The van der Waals surface area contributed by atoms with E-state index in [4.69, 9.17) is 4.74 Å². The van der Waals surface area contributed by atoms with Gasteiger partial charge in [0.25, 0.3) is 0 Å². The maximum Gasteiger partial charge on any atom is 0.307 e. The van der Waals surface area contributed by atoms with Crippen LogP contribution in [-0.2, 0) is 14.3 Å². The summed E-state index contributed by atoms with van der Waals surface area (Å²) in [6, 6.07) is 0. The van der Waals surface area contributed by atoms with Gasteiger partial charge >= 0.3 is 11.9 Å². The van der Waals surface area contributed by atoms with Gasteiger partial charge in [-0.2, -0.15) is 0 Å². The molecule has 0 radical (unpaired) electrons. The van der Waals surface area contributed by atoms with Crippen LogP contribution in [0.2, 0.25) is 11.6 Å². The van der Waals surface area contributed by atoms with Crippen LogP contribution in [0.3, 0.4) is 0 Å². The molecule has 5 nitrogen and oxygen atoms in total. The molecule has 0 aromatic heterocycles. The number of rotatable bonds is 15. The molecule has 2 N–H and O–H groups in total. The van der Waals surface area contributed by atoms with E-state index in [1.165, 1.54) is 0 Å². The van der Waals surface area contributed by atoms with Gasteiger partial charge in [0.15, 0.2) is 0 Å². The van der Waals surface area contributed by atoms with Crippen molar-refractivity contribution >= 4 is 27.6 Å². The zero-order valence-electron chi connectivity index (χ0n) is 29.9. The molecule has 7 heteroatoms. The highest BCUT2D eigenvalue weighted by atomic mass is 16.5. The molecule has 234 valence electrons. The Morgan fingerprint density at radius 3 is 1.48 bits per heavy atom. The molecule has 0 aromatic rings. The van der Waals surface area contributed by atoms with Crippen LogP contribution in [-0.4, -0.2) is 49.0 Å². The molecule has 40 heavy (non-hydrogen) atoms. The highest BCUT2D eigenvalue weighted by molar-refractivity contribution is 6.22. The maximum atomic E-state index is 12.6. The van der Waals surface area contributed by atoms with E-state index in [0.717, 1.165) is 6.42 Å². The first-order valence-electron chi connectivity index (χ1n) is 15.4. The van der Waals surface area contributed by atoms with Crippen molar-refractivity contribution in [2.24, 2.45) is 44.8 Å². The van der Waals surface area contributed by atoms with Crippen molar-refractivity contribution in [1.29, 1.82) is 0 Å². The fourth-order valence-corrected chi connectivity index (χ4v) is 7.57. The van der Waals surface area contributed by atoms with Crippen molar-refractivity contribution in [3.05, 3.63) is 0 Å². The molecule has 0 aromatic carbocycles. The minimum atomic E-state index is -1.06. The SMILES string of the molecule is BC(C(C(CC(=O)O)C(=O)O)C(C)(C)CC(C)(C)C)C(B)C(C)(C)C(C)(C)C(C)(C)OC(C)(C)C(C)(C)C(C)C. The Morgan fingerprint density at radius 1 is 0.725 bits per heavy atom. The summed E-state index contributed by atoms with van der Waals surface area (Å²) in [4.78, 5) is 24.5. The molecule has 0 spiro atoms. The first-order chi connectivity index (χ1) is 17.3. The first kappa shape index (κ1) is 39.0. The third-order valence-corrected chi connectivity index (χ3v) is 12.1. The van der Waals surface area contributed by atoms with E-state index in [1.807, 2.05) is 0 Å². The van der Waals surface area contributed by atoms with Gasteiger partial charge in [0, 0.05) is 0 Å². The summed E-state index contributed by atoms with van der Waals surface area (Å²) in [5.41, 5.74) is -1.98. The van der Waals surface area contributed by atoms with E-state index in [0.29, 0.717) is 5.92 Å². The Bertz CT molecular complexity index is 878. The minimum Gasteiger partial charge on any atom is -0.481 e. The first-order valence-corrected chi connectivity index (χ1v) is 15.4. The highest BCUT2D eigenvalue weighted by Gasteiger charge is 2.57. The average molecular weight is 565 g/mol. The number of aliphatic carboxylic acids is 2. The van der Waals surface area contributed by atoms with E-state index in [9.17, 15) is 19.8 Å². The lowest BCUT2D eigenvalue weighted by Crippen LogP contribution is -2.59. The zero-order valence-corrected chi connectivity index (χ0v) is 29.9. The molecule has 0 aliphatic heterocycles. The number of hydrogen-bond acceptors (Lipinski definition) is 3. The van der Waals surface area contributed by atoms with Gasteiger partial charge in [0.1, 0.15) is 15.7 Å². The predicted molar refractivity (Wildman–Crippen MR) is 175 cm³/mol. The van der Waals surface area contributed by atoms with Crippen LogP contribution in [0.25, 0.3) is 0 Å². The molecule has 0 heterocycles. The van der Waals surface area contributed by atoms with Crippen LogP contribution in [0.15, 0.2) is 0 Å². The molecule has 0 amide bonds. The molecule has 0 rings (SSSR count). The number of ether oxygens (including phenoxy) is 1. The second-order valence-corrected chi connectivity index (χ2v) is 17.8. The van der Waals surface area contributed by atoms with Gasteiger partial charge in [-0.3, -0.25) is 9.59 Å². The second-order valence-electron chi connectivity index (χ2n) is 17.8. The number of carbonyl (C=O) groups is 2. The molecule has 0 aliphatic rings. The van der Waals surface area contributed by atoms with E-state index < -0.39 is 23.5 Å². The van der Waals surface area contributed by atoms with E-state index in [2.05, 4.69) is 133 Å². The standard InChI is InChI=1S/C33H66B2O5/c1-20(2)29(8,9)32(14,15)40-33(16,17)31(12,13)30(10,11)25(35)24(34)23(21(26(38)39)18-22(36)37)28(6,7)19-27(3,4)5/h20-21,23-25H,18-19,34-35H2,1-17H3,(H,36,37)(H,38,39). The Kier molecular flexibility index (Phi) is 12.0. The Labute approximate surface area is 250 Å². The largest absolute Gasteiger partial charge is 0.481 e. The molecular weight excluding hydrogens is 498 g/mol. The van der Waals surface area contributed by atoms with Gasteiger partial charge in [0.2, 0.25) is 0 Å². The third-order valence-electron chi connectivity index (χ3n) is 12.1. The monoisotopic (exact) mass is 565 g/mol. The second kappa shape index (κ2) is 12.3. The Hall–Kier alpha value is -0.970. The van der Waals surface area contributed by atoms with E-state index in [1.54, 1.807) is 0 Å². The number of carboxylic acids is 2. The zero-order chi connectivity index (χ0) is 32.7. The summed E-state index contributed by atoms with van der Waals surface area (Å²) in [6.07, 6.45) is 0.420. The van der Waals surface area contributed by atoms with Crippen molar-refractivity contribution in [2.75, 3.05) is 0 Å². The van der Waals surface area contributed by atoms with Crippen LogP contribution in [0.5, 0.6) is 0 Å². The van der Waals surface area contributed by atoms with Crippen LogP contribution in [0, 0.1) is 44.8 Å². The molecule has 0 saturated carbocycles. The van der Waals surface area contributed by atoms with Crippen LogP contribution >= 0.6 is 0 Å². The van der Waals surface area contributed by atoms with Gasteiger partial charge < -0.3 is 14.9 Å². The van der Waals surface area contributed by atoms with Crippen LogP contribution in [0.4, 0.5) is 0 Å². The van der Waals surface area contributed by atoms with E-state index >= 15 is 0 Å². The minimum absolute atomic E-state index is 0.0313. The summed E-state index contributed by atoms with van der Waals surface area (Å²) < 4.78 is 7.09. The highest BCUT2D eigenvalue weighted by Crippen LogP contribution is 2.61. The van der Waals surface area contributed by atoms with E-state index in [-0.39, 0.29) is 56.6 Å². The fourth-order valence-electron chi connectivity index (χ4n) is 7.57. The molecule has 4 atom stereocenters. The maximum absolute atomic E-state index is 12.6. The number of carboxylic acid groups (broad SMARTS) is 2. The molecule has 0 aliphatic carbocycles. The van der Waals surface area contributed by atoms with Gasteiger partial charge in [-0.15, -0.1) is 0 Å². The van der Waals surface area contributed by atoms with Crippen molar-refractivity contribution in [2.45, 2.75) is 153 Å². The molecule has 4 unspecified atom stereocenters. The quantitative estimate of drug-likeness (QED) is 0.203. The van der Waals surface area contributed by atoms with Gasteiger partial charge in [-0.05, 0) is 73.0 Å². The lowest BCUT2D eigenvalue weighted by molar-refractivity contribution is -0.241. The van der Waals surface area contributed by atoms with Crippen LogP contribution in [0.1, 0.15) is 131 Å². The summed E-state index contributed by atoms with van der Waals surface area (Å²) in [7, 11) is 4.38. The van der Waals surface area contributed by atoms with Crippen molar-refractivity contribution in [1.82, 2.24) is 0 Å². The molecule has 0 bridgehead atoms. The summed E-state index contributed by atoms with van der Waals surface area (Å²) in [6.45, 7) is 37.7. The van der Waals surface area contributed by atoms with Gasteiger partial charge in [-0.25, -0.2) is 0 Å². The van der Waals surface area contributed by atoms with Crippen molar-refractivity contribution in [3.8, 4) is 0 Å².